The summed E-state index contributed by atoms with van der Waals surface area (Å²) in [6.45, 7) is 20.8. The van der Waals surface area contributed by atoms with Gasteiger partial charge in [-0.1, -0.05) is 145 Å². The lowest BCUT2D eigenvalue weighted by Crippen LogP contribution is -2.25. The number of rotatable bonds is 40. The molecule has 0 bridgehead atoms. The Morgan fingerprint density at radius 2 is 0.667 bits per heavy atom. The number of unbranched alkanes of at least 4 members (excludes halogenated alkanes) is 12. The van der Waals surface area contributed by atoms with Crippen molar-refractivity contribution in [2.75, 3.05) is 40.0 Å². The summed E-state index contributed by atoms with van der Waals surface area (Å²) in [6, 6.07) is 0. The Morgan fingerprint density at radius 1 is 0.353 bits per heavy atom. The molecular formula is C44H86O7. The molecule has 0 heterocycles. The lowest BCUT2D eigenvalue weighted by molar-refractivity contribution is -0.167. The highest BCUT2D eigenvalue weighted by atomic mass is 16.7. The van der Waals surface area contributed by atoms with E-state index in [4.69, 9.17) is 33.2 Å². The quantitative estimate of drug-likeness (QED) is 0.0354. The van der Waals surface area contributed by atoms with Crippen molar-refractivity contribution in [1.29, 1.82) is 0 Å². The fourth-order valence-corrected chi connectivity index (χ4v) is 5.68. The SMILES string of the molecule is CCCCCC(OCCCC)=C(OCCCC)C(CCCCC)OCOCOC(CCCCC)C(OCCCC)=C(CCCCC)OCCCC. The average Bonchev–Trinajstić information content (AvgIpc) is 3.13. The minimum atomic E-state index is -0.211. The van der Waals surface area contributed by atoms with Crippen LogP contribution in [0.3, 0.4) is 0 Å². The van der Waals surface area contributed by atoms with E-state index in [2.05, 4.69) is 55.4 Å². The molecule has 0 aromatic carbocycles. The molecule has 0 aliphatic carbocycles. The Kier molecular flexibility index (Phi) is 37.2. The summed E-state index contributed by atoms with van der Waals surface area (Å²) < 4.78 is 45.2. The van der Waals surface area contributed by atoms with Crippen molar-refractivity contribution >= 4 is 0 Å². The van der Waals surface area contributed by atoms with Gasteiger partial charge in [-0.15, -0.1) is 0 Å². The van der Waals surface area contributed by atoms with Crippen LogP contribution < -0.4 is 0 Å². The first-order chi connectivity index (χ1) is 25.1. The summed E-state index contributed by atoms with van der Waals surface area (Å²) in [5.41, 5.74) is 0. The van der Waals surface area contributed by atoms with Crippen molar-refractivity contribution in [1.82, 2.24) is 0 Å². The van der Waals surface area contributed by atoms with Crippen LogP contribution in [-0.2, 0) is 33.2 Å². The van der Waals surface area contributed by atoms with Crippen molar-refractivity contribution in [3.63, 3.8) is 0 Å². The summed E-state index contributed by atoms with van der Waals surface area (Å²) in [4.78, 5) is 0. The molecular weight excluding hydrogens is 640 g/mol. The summed E-state index contributed by atoms with van der Waals surface area (Å²) in [7, 11) is 0. The highest BCUT2D eigenvalue weighted by Crippen LogP contribution is 2.27. The maximum absolute atomic E-state index is 6.54. The molecule has 2 unspecified atom stereocenters. The third-order valence-corrected chi connectivity index (χ3v) is 9.05. The van der Waals surface area contributed by atoms with Gasteiger partial charge in [-0.05, 0) is 51.4 Å². The predicted molar refractivity (Wildman–Crippen MR) is 215 cm³/mol. The van der Waals surface area contributed by atoms with Gasteiger partial charge in [0.1, 0.15) is 23.7 Å². The number of ether oxygens (including phenoxy) is 7. The van der Waals surface area contributed by atoms with Crippen molar-refractivity contribution < 1.29 is 33.2 Å². The van der Waals surface area contributed by atoms with E-state index in [9.17, 15) is 0 Å². The molecule has 0 aliphatic heterocycles. The first kappa shape index (κ1) is 49.6. The van der Waals surface area contributed by atoms with Gasteiger partial charge in [0.2, 0.25) is 0 Å². The molecule has 51 heavy (non-hydrogen) atoms. The zero-order valence-electron chi connectivity index (χ0n) is 35.2. The van der Waals surface area contributed by atoms with Crippen molar-refractivity contribution in [3.8, 4) is 0 Å². The van der Waals surface area contributed by atoms with Gasteiger partial charge in [0.25, 0.3) is 0 Å². The lowest BCUT2D eigenvalue weighted by Gasteiger charge is -2.26. The second-order valence-electron chi connectivity index (χ2n) is 14.0. The molecule has 0 aromatic heterocycles. The fraction of sp³-hybridized carbons (Fsp3) is 0.909. The molecule has 0 saturated carbocycles. The summed E-state index contributed by atoms with van der Waals surface area (Å²) in [6.07, 6.45) is 25.1. The van der Waals surface area contributed by atoms with Crippen LogP contribution in [0.15, 0.2) is 23.0 Å². The molecule has 0 amide bonds. The van der Waals surface area contributed by atoms with E-state index in [-0.39, 0.29) is 25.8 Å². The monoisotopic (exact) mass is 727 g/mol. The van der Waals surface area contributed by atoms with E-state index < -0.39 is 0 Å². The van der Waals surface area contributed by atoms with E-state index in [1.165, 1.54) is 25.7 Å². The molecule has 0 rings (SSSR count). The highest BCUT2D eigenvalue weighted by Gasteiger charge is 2.25. The Labute approximate surface area is 317 Å². The molecule has 7 nitrogen and oxygen atoms in total. The minimum absolute atomic E-state index is 0.127. The van der Waals surface area contributed by atoms with Crippen molar-refractivity contribution in [3.05, 3.63) is 23.0 Å². The van der Waals surface area contributed by atoms with Gasteiger partial charge >= 0.3 is 0 Å². The molecule has 0 saturated heterocycles. The zero-order valence-corrected chi connectivity index (χ0v) is 35.2. The molecule has 0 aliphatic rings. The highest BCUT2D eigenvalue weighted by molar-refractivity contribution is 5.09. The molecule has 304 valence electrons. The van der Waals surface area contributed by atoms with Crippen molar-refractivity contribution in [2.24, 2.45) is 0 Å². The smallest absolute Gasteiger partial charge is 0.162 e. The predicted octanol–water partition coefficient (Wildman–Crippen LogP) is 13.7. The normalized spacial score (nSPS) is 13.8. The fourth-order valence-electron chi connectivity index (χ4n) is 5.68. The van der Waals surface area contributed by atoms with Crippen LogP contribution in [-0.4, -0.2) is 52.2 Å². The molecule has 0 spiro atoms. The molecule has 7 heteroatoms. The Bertz CT molecular complexity index is 708. The van der Waals surface area contributed by atoms with E-state index in [1.807, 2.05) is 0 Å². The van der Waals surface area contributed by atoms with Gasteiger partial charge < -0.3 is 33.2 Å². The van der Waals surface area contributed by atoms with E-state index in [0.29, 0.717) is 26.4 Å². The van der Waals surface area contributed by atoms with Crippen molar-refractivity contribution in [2.45, 2.75) is 222 Å². The Balaban J connectivity index is 6.14. The molecule has 0 fully saturated rings. The third-order valence-electron chi connectivity index (χ3n) is 9.05. The molecule has 0 N–H and O–H groups in total. The van der Waals surface area contributed by atoms with E-state index >= 15 is 0 Å². The maximum Gasteiger partial charge on any atom is 0.162 e. The van der Waals surface area contributed by atoms with Gasteiger partial charge in [-0.25, -0.2) is 0 Å². The van der Waals surface area contributed by atoms with Crippen LogP contribution in [0.1, 0.15) is 209 Å². The van der Waals surface area contributed by atoms with Gasteiger partial charge in [-0.2, -0.15) is 0 Å². The Morgan fingerprint density at radius 3 is 1.00 bits per heavy atom. The summed E-state index contributed by atoms with van der Waals surface area (Å²) in [5, 5.41) is 0. The minimum Gasteiger partial charge on any atom is -0.494 e. The number of allylic oxidation sites excluding steroid dienone is 2. The maximum atomic E-state index is 6.54. The van der Waals surface area contributed by atoms with Crippen LogP contribution in [0.2, 0.25) is 0 Å². The summed E-state index contributed by atoms with van der Waals surface area (Å²) in [5.74, 6) is 3.70. The summed E-state index contributed by atoms with van der Waals surface area (Å²) >= 11 is 0. The van der Waals surface area contributed by atoms with Gasteiger partial charge in [0, 0.05) is 12.8 Å². The first-order valence-electron chi connectivity index (χ1n) is 21.9. The largest absolute Gasteiger partial charge is 0.494 e. The molecule has 0 aromatic rings. The van der Waals surface area contributed by atoms with Gasteiger partial charge in [0.05, 0.1) is 26.4 Å². The third kappa shape index (κ3) is 26.9. The second-order valence-corrected chi connectivity index (χ2v) is 14.0. The Hall–Kier alpha value is -1.44. The van der Waals surface area contributed by atoms with Crippen LogP contribution in [0.25, 0.3) is 0 Å². The van der Waals surface area contributed by atoms with Crippen LogP contribution in [0.5, 0.6) is 0 Å². The number of hydrogen-bond acceptors (Lipinski definition) is 7. The average molecular weight is 727 g/mol. The van der Waals surface area contributed by atoms with Crippen LogP contribution in [0, 0.1) is 0 Å². The van der Waals surface area contributed by atoms with Crippen LogP contribution >= 0.6 is 0 Å². The first-order valence-corrected chi connectivity index (χ1v) is 21.9. The second kappa shape index (κ2) is 38.3. The van der Waals surface area contributed by atoms with Gasteiger partial charge in [0.15, 0.2) is 25.1 Å². The molecule has 0 radical (unpaired) electrons. The van der Waals surface area contributed by atoms with Gasteiger partial charge in [-0.3, -0.25) is 0 Å². The van der Waals surface area contributed by atoms with E-state index in [1.54, 1.807) is 0 Å². The standard InChI is InChI=1S/C44H86O7/c1-9-17-25-29-39(46-33-21-13-5)43(48-35-23-15-7)41(31-27-19-11-3)50-37-45-38-51-42(32-28-20-12-4)44(49-36-24-16-8)40(30-26-18-10-2)47-34-22-14-6/h41-42H,9-38H2,1-8H3. The van der Waals surface area contributed by atoms with E-state index in [0.717, 1.165) is 151 Å². The van der Waals surface area contributed by atoms with Crippen LogP contribution in [0.4, 0.5) is 0 Å². The lowest BCUT2D eigenvalue weighted by atomic mass is 10.1. The number of hydrogen-bond donors (Lipinski definition) is 0. The molecule has 2 atom stereocenters. The topological polar surface area (TPSA) is 64.6 Å². The zero-order chi connectivity index (χ0) is 37.6.